The van der Waals surface area contributed by atoms with Crippen LogP contribution < -0.4 is 11.4 Å². The summed E-state index contributed by atoms with van der Waals surface area (Å²) in [4.78, 5) is 28.2. The summed E-state index contributed by atoms with van der Waals surface area (Å²) in [6.45, 7) is 7.01. The standard InChI is InChI=1S/C28H29N3O2/c1-27(2)16-12-13-28(27,3)21(14-16)29-25(32)30-23-18-10-11-19(18)24(31(30)26(29)33)22-17-7-5-4-6-15(17)8-9-20(22)23/h4-11,16,18-19,21,23-24H,12-14H2,1-3H3/t16-,18-,19-,21+,23+,24+,28-/m0/s1. The molecule has 7 atom stereocenters. The average molecular weight is 440 g/mol. The van der Waals surface area contributed by atoms with E-state index in [0.29, 0.717) is 11.8 Å². The van der Waals surface area contributed by atoms with E-state index >= 15 is 0 Å². The normalized spacial score (nSPS) is 38.3. The largest absolute Gasteiger partial charge is 0.348 e. The fourth-order valence-electron chi connectivity index (χ4n) is 8.69. The molecule has 0 spiro atoms. The van der Waals surface area contributed by atoms with E-state index in [1.807, 2.05) is 9.36 Å². The monoisotopic (exact) mass is 439 g/mol. The van der Waals surface area contributed by atoms with E-state index in [4.69, 9.17) is 0 Å². The molecule has 6 aliphatic rings. The topological polar surface area (TPSA) is 48.9 Å². The van der Waals surface area contributed by atoms with Crippen LogP contribution >= 0.6 is 0 Å². The van der Waals surface area contributed by atoms with Crippen molar-refractivity contribution in [1.29, 1.82) is 0 Å². The highest BCUT2D eigenvalue weighted by molar-refractivity contribution is 5.88. The van der Waals surface area contributed by atoms with E-state index in [9.17, 15) is 9.59 Å². The smallest absolute Gasteiger partial charge is 0.246 e. The molecule has 33 heavy (non-hydrogen) atoms. The summed E-state index contributed by atoms with van der Waals surface area (Å²) in [6, 6.07) is 12.6. The van der Waals surface area contributed by atoms with Crippen molar-refractivity contribution in [2.75, 3.05) is 0 Å². The maximum atomic E-state index is 14.1. The molecule has 3 aromatic rings. The van der Waals surface area contributed by atoms with Crippen molar-refractivity contribution < 1.29 is 0 Å². The van der Waals surface area contributed by atoms with Gasteiger partial charge in [-0.05, 0) is 57.9 Å². The van der Waals surface area contributed by atoms with Gasteiger partial charge in [0.1, 0.15) is 0 Å². The Morgan fingerprint density at radius 1 is 0.879 bits per heavy atom. The Morgan fingerprint density at radius 3 is 2.24 bits per heavy atom. The third-order valence-corrected chi connectivity index (χ3v) is 11.0. The van der Waals surface area contributed by atoms with Gasteiger partial charge in [-0.3, -0.25) is 0 Å². The highest BCUT2D eigenvalue weighted by atomic mass is 16.2. The highest BCUT2D eigenvalue weighted by Crippen LogP contribution is 2.69. The van der Waals surface area contributed by atoms with Crippen LogP contribution in [-0.2, 0) is 0 Å². The molecule has 2 saturated carbocycles. The number of allylic oxidation sites excluding steroid dienone is 2. The molecule has 3 heterocycles. The summed E-state index contributed by atoms with van der Waals surface area (Å²) in [5.41, 5.74) is 2.42. The van der Waals surface area contributed by atoms with Gasteiger partial charge in [-0.1, -0.05) is 69.3 Å². The molecule has 4 aliphatic carbocycles. The van der Waals surface area contributed by atoms with Crippen LogP contribution in [0.4, 0.5) is 0 Å². The molecule has 0 radical (unpaired) electrons. The van der Waals surface area contributed by atoms with Crippen LogP contribution in [0.2, 0.25) is 0 Å². The summed E-state index contributed by atoms with van der Waals surface area (Å²) in [5, 5.41) is 2.42. The zero-order valence-electron chi connectivity index (χ0n) is 19.4. The van der Waals surface area contributed by atoms with Crippen molar-refractivity contribution >= 4 is 10.8 Å². The Bertz CT molecular complexity index is 1530. The van der Waals surface area contributed by atoms with Crippen LogP contribution in [0.15, 0.2) is 58.1 Å². The third-order valence-electron chi connectivity index (χ3n) is 11.0. The maximum Gasteiger partial charge on any atom is 0.348 e. The molecule has 0 saturated heterocycles. The van der Waals surface area contributed by atoms with Gasteiger partial charge in [0.25, 0.3) is 0 Å². The lowest BCUT2D eigenvalue weighted by atomic mass is 9.62. The van der Waals surface area contributed by atoms with Crippen molar-refractivity contribution in [3.05, 3.63) is 80.6 Å². The number of benzene rings is 2. The second-order valence-electron chi connectivity index (χ2n) is 12.0. The average Bonchev–Trinajstić information content (AvgIpc) is 3.25. The van der Waals surface area contributed by atoms with E-state index < -0.39 is 0 Å². The molecule has 1 aromatic heterocycles. The third kappa shape index (κ3) is 1.81. The predicted molar refractivity (Wildman–Crippen MR) is 128 cm³/mol. The first-order chi connectivity index (χ1) is 15.8. The lowest BCUT2D eigenvalue weighted by Gasteiger charge is -2.52. The maximum absolute atomic E-state index is 14.1. The van der Waals surface area contributed by atoms with Gasteiger partial charge >= 0.3 is 11.4 Å². The SMILES string of the molecule is CC1(C)[C@H]2CC[C@@]1(C)[C@H](n1c(=O)n3n(c1=O)[C@H]1c4c(ccc5ccccc45)[C@H]3[C@H]3C=C[C@@H]31)C2. The molecule has 168 valence electrons. The minimum absolute atomic E-state index is 0.0123. The van der Waals surface area contributed by atoms with Crippen molar-refractivity contribution in [1.82, 2.24) is 13.9 Å². The quantitative estimate of drug-likeness (QED) is 0.518. The van der Waals surface area contributed by atoms with Crippen molar-refractivity contribution in [3.63, 3.8) is 0 Å². The molecule has 0 N–H and O–H groups in total. The molecule has 5 nitrogen and oxygen atoms in total. The number of hydrogen-bond acceptors (Lipinski definition) is 2. The second-order valence-corrected chi connectivity index (χ2v) is 12.0. The van der Waals surface area contributed by atoms with Crippen LogP contribution in [0, 0.1) is 28.6 Å². The number of rotatable bonds is 1. The first-order valence-electron chi connectivity index (χ1n) is 12.5. The Kier molecular flexibility index (Phi) is 3.07. The van der Waals surface area contributed by atoms with Crippen LogP contribution in [-0.4, -0.2) is 13.9 Å². The van der Waals surface area contributed by atoms with Gasteiger partial charge in [0.15, 0.2) is 0 Å². The van der Waals surface area contributed by atoms with Gasteiger partial charge in [0, 0.05) is 17.9 Å². The molecule has 4 bridgehead atoms. The number of nitrogens with zero attached hydrogens (tertiary/aromatic N) is 3. The zero-order chi connectivity index (χ0) is 22.4. The first-order valence-corrected chi connectivity index (χ1v) is 12.5. The summed E-state index contributed by atoms with van der Waals surface area (Å²) in [7, 11) is 0. The number of hydrogen-bond donors (Lipinski definition) is 0. The van der Waals surface area contributed by atoms with Gasteiger partial charge in [0.2, 0.25) is 0 Å². The number of aromatic nitrogens is 3. The van der Waals surface area contributed by atoms with E-state index in [0.717, 1.165) is 12.8 Å². The van der Waals surface area contributed by atoms with Crippen molar-refractivity contribution in [3.8, 4) is 0 Å². The fourth-order valence-corrected chi connectivity index (χ4v) is 8.69. The minimum Gasteiger partial charge on any atom is -0.246 e. The summed E-state index contributed by atoms with van der Waals surface area (Å²) >= 11 is 0. The first kappa shape index (κ1) is 18.6. The fraction of sp³-hybridized carbons (Fsp3) is 0.500. The molecule has 2 aromatic carbocycles. The van der Waals surface area contributed by atoms with Gasteiger partial charge in [-0.2, -0.15) is 0 Å². The molecular formula is C28H29N3O2. The highest BCUT2D eigenvalue weighted by Gasteiger charge is 2.63. The van der Waals surface area contributed by atoms with Crippen molar-refractivity contribution in [2.45, 2.75) is 58.2 Å². The number of fused-ring (bicyclic) bond motifs is 3. The van der Waals surface area contributed by atoms with E-state index in [1.165, 1.54) is 28.3 Å². The van der Waals surface area contributed by atoms with E-state index in [1.54, 1.807) is 4.57 Å². The Labute approximate surface area is 192 Å². The Morgan fingerprint density at radius 2 is 1.58 bits per heavy atom. The van der Waals surface area contributed by atoms with Crippen LogP contribution in [0.25, 0.3) is 10.8 Å². The lowest BCUT2D eigenvalue weighted by Crippen LogP contribution is -2.53. The summed E-state index contributed by atoms with van der Waals surface area (Å²) in [5.74, 6) is 1.16. The second kappa shape index (κ2) is 5.45. The lowest BCUT2D eigenvalue weighted by molar-refractivity contribution is 0.103. The summed E-state index contributed by atoms with van der Waals surface area (Å²) in [6.07, 6.45) is 7.75. The van der Waals surface area contributed by atoms with Gasteiger partial charge in [-0.25, -0.2) is 23.5 Å². The van der Waals surface area contributed by atoms with E-state index in [-0.39, 0.29) is 46.3 Å². The van der Waals surface area contributed by atoms with Gasteiger partial charge in [0.05, 0.1) is 12.1 Å². The molecule has 5 heteroatoms. The van der Waals surface area contributed by atoms with E-state index in [2.05, 4.69) is 69.3 Å². The minimum atomic E-state index is -0.105. The molecular weight excluding hydrogens is 410 g/mol. The Balaban J connectivity index is 1.41. The molecule has 0 unspecified atom stereocenters. The summed E-state index contributed by atoms with van der Waals surface area (Å²) < 4.78 is 5.38. The van der Waals surface area contributed by atoms with Crippen LogP contribution in [0.5, 0.6) is 0 Å². The molecule has 9 rings (SSSR count). The molecule has 0 amide bonds. The molecule has 2 aliphatic heterocycles. The van der Waals surface area contributed by atoms with Gasteiger partial charge in [-0.15, -0.1) is 0 Å². The van der Waals surface area contributed by atoms with Gasteiger partial charge < -0.3 is 0 Å². The molecule has 2 fully saturated rings. The van der Waals surface area contributed by atoms with Crippen molar-refractivity contribution in [2.24, 2.45) is 28.6 Å². The predicted octanol–water partition coefficient (Wildman–Crippen LogP) is 4.66. The zero-order valence-corrected chi connectivity index (χ0v) is 19.4. The Hall–Kier alpha value is -2.82. The van der Waals surface area contributed by atoms with Crippen LogP contribution in [0.1, 0.15) is 69.3 Å². The van der Waals surface area contributed by atoms with Crippen LogP contribution in [0.3, 0.4) is 0 Å².